The molecule has 1 N–H and O–H groups in total. The van der Waals surface area contributed by atoms with Crippen LogP contribution in [0.4, 0.5) is 5.69 Å². The standard InChI is InChI=1S/C25H32Cl3N3O4S/c1-6-16(3)29-25(33)22(7-2)30(14-18-11-12-20(27)21(28)13-18)24(32)15-31(36(5,34)35)23-10-8-9-19(26)17(23)4/h8-13,16,22H,6-7,14-15H2,1-5H3,(H,29,33)/t16-,22-/m1/s1. The predicted molar refractivity (Wildman–Crippen MR) is 147 cm³/mol. The second-order valence-corrected chi connectivity index (χ2v) is 11.8. The van der Waals surface area contributed by atoms with Crippen molar-refractivity contribution < 1.29 is 18.0 Å². The highest BCUT2D eigenvalue weighted by molar-refractivity contribution is 7.92. The third-order valence-electron chi connectivity index (χ3n) is 5.91. The highest BCUT2D eigenvalue weighted by Gasteiger charge is 2.32. The van der Waals surface area contributed by atoms with Crippen LogP contribution in [0, 0.1) is 6.92 Å². The van der Waals surface area contributed by atoms with Crippen molar-refractivity contribution >= 4 is 62.3 Å². The number of sulfonamides is 1. The van der Waals surface area contributed by atoms with Gasteiger partial charge in [-0.2, -0.15) is 0 Å². The Labute approximate surface area is 228 Å². The summed E-state index contributed by atoms with van der Waals surface area (Å²) in [6.45, 7) is 6.83. The Hall–Kier alpha value is -2.00. The van der Waals surface area contributed by atoms with Crippen LogP contribution in [0.25, 0.3) is 0 Å². The zero-order chi connectivity index (χ0) is 27.2. The number of hydrogen-bond acceptors (Lipinski definition) is 4. The smallest absolute Gasteiger partial charge is 0.244 e. The van der Waals surface area contributed by atoms with E-state index in [2.05, 4.69) is 5.32 Å². The molecular weight excluding hydrogens is 545 g/mol. The Bertz CT molecular complexity index is 1210. The van der Waals surface area contributed by atoms with E-state index in [0.29, 0.717) is 38.3 Å². The van der Waals surface area contributed by atoms with Crippen LogP contribution in [-0.2, 0) is 26.2 Å². The van der Waals surface area contributed by atoms with Crippen LogP contribution in [0.15, 0.2) is 36.4 Å². The van der Waals surface area contributed by atoms with E-state index in [0.717, 1.165) is 17.0 Å². The number of carbonyl (C=O) groups excluding carboxylic acids is 2. The lowest BCUT2D eigenvalue weighted by molar-refractivity contribution is -0.140. The molecule has 0 aliphatic heterocycles. The van der Waals surface area contributed by atoms with Crippen molar-refractivity contribution in [1.82, 2.24) is 10.2 Å². The summed E-state index contributed by atoms with van der Waals surface area (Å²) in [5.41, 5.74) is 1.47. The molecule has 7 nitrogen and oxygen atoms in total. The number of rotatable bonds is 11. The summed E-state index contributed by atoms with van der Waals surface area (Å²) < 4.78 is 26.5. The molecule has 0 radical (unpaired) electrons. The number of carbonyl (C=O) groups is 2. The van der Waals surface area contributed by atoms with Crippen LogP contribution >= 0.6 is 34.8 Å². The average Bonchev–Trinajstić information content (AvgIpc) is 2.80. The first kappa shape index (κ1) is 30.2. The SMILES string of the molecule is CC[C@@H](C)NC(=O)[C@@H](CC)N(Cc1ccc(Cl)c(Cl)c1)C(=O)CN(c1cccc(Cl)c1C)S(C)(=O)=O. The van der Waals surface area contributed by atoms with E-state index in [9.17, 15) is 18.0 Å². The van der Waals surface area contributed by atoms with Crippen molar-refractivity contribution in [3.63, 3.8) is 0 Å². The molecule has 0 saturated heterocycles. The van der Waals surface area contributed by atoms with Crippen LogP contribution in [0.5, 0.6) is 0 Å². The zero-order valence-corrected chi connectivity index (χ0v) is 24.1. The third kappa shape index (κ3) is 7.75. The Balaban J connectivity index is 2.51. The lowest BCUT2D eigenvalue weighted by atomic mass is 10.1. The molecule has 0 aliphatic carbocycles. The molecular formula is C25H32Cl3N3O4S. The third-order valence-corrected chi connectivity index (χ3v) is 8.19. The summed E-state index contributed by atoms with van der Waals surface area (Å²) in [6.07, 6.45) is 2.07. The molecule has 0 bridgehead atoms. The van der Waals surface area contributed by atoms with Gasteiger partial charge in [0.25, 0.3) is 0 Å². The zero-order valence-electron chi connectivity index (χ0n) is 21.0. The molecule has 11 heteroatoms. The summed E-state index contributed by atoms with van der Waals surface area (Å²) in [7, 11) is -3.86. The summed E-state index contributed by atoms with van der Waals surface area (Å²) >= 11 is 18.5. The van der Waals surface area contributed by atoms with Gasteiger partial charge in [-0.15, -0.1) is 0 Å². The molecule has 0 aromatic heterocycles. The van der Waals surface area contributed by atoms with E-state index in [1.807, 2.05) is 13.8 Å². The van der Waals surface area contributed by atoms with Crippen LogP contribution in [-0.4, -0.2) is 50.0 Å². The van der Waals surface area contributed by atoms with Crippen LogP contribution in [0.2, 0.25) is 15.1 Å². The minimum absolute atomic E-state index is 0.0360. The van der Waals surface area contributed by atoms with E-state index in [1.165, 1.54) is 4.90 Å². The van der Waals surface area contributed by atoms with Crippen molar-refractivity contribution in [2.24, 2.45) is 0 Å². The molecule has 0 heterocycles. The molecule has 2 atom stereocenters. The summed E-state index contributed by atoms with van der Waals surface area (Å²) in [5.74, 6) is -0.859. The van der Waals surface area contributed by atoms with Crippen molar-refractivity contribution in [3.05, 3.63) is 62.6 Å². The maximum absolute atomic E-state index is 13.7. The average molecular weight is 577 g/mol. The van der Waals surface area contributed by atoms with Crippen LogP contribution < -0.4 is 9.62 Å². The fourth-order valence-electron chi connectivity index (χ4n) is 3.66. The van der Waals surface area contributed by atoms with Gasteiger partial charge in [0, 0.05) is 17.6 Å². The molecule has 0 aliphatic rings. The number of anilines is 1. The lowest BCUT2D eigenvalue weighted by Gasteiger charge is -2.33. The maximum Gasteiger partial charge on any atom is 0.244 e. The van der Waals surface area contributed by atoms with Crippen molar-refractivity contribution in [3.8, 4) is 0 Å². The van der Waals surface area contributed by atoms with Gasteiger partial charge in [0.05, 0.1) is 22.0 Å². The van der Waals surface area contributed by atoms with Gasteiger partial charge in [0.15, 0.2) is 0 Å². The van der Waals surface area contributed by atoms with Gasteiger partial charge in [-0.25, -0.2) is 8.42 Å². The first-order valence-electron chi connectivity index (χ1n) is 11.6. The minimum Gasteiger partial charge on any atom is -0.352 e. The second-order valence-electron chi connectivity index (χ2n) is 8.67. The van der Waals surface area contributed by atoms with E-state index in [4.69, 9.17) is 34.8 Å². The summed E-state index contributed by atoms with van der Waals surface area (Å²) in [5, 5.41) is 3.97. The Morgan fingerprint density at radius 3 is 2.22 bits per heavy atom. The van der Waals surface area contributed by atoms with E-state index in [1.54, 1.807) is 50.2 Å². The Kier molecular flexibility index (Phi) is 10.9. The first-order chi connectivity index (χ1) is 16.8. The van der Waals surface area contributed by atoms with Gasteiger partial charge < -0.3 is 10.2 Å². The molecule has 2 rings (SSSR count). The molecule has 0 spiro atoms. The van der Waals surface area contributed by atoms with E-state index in [-0.39, 0.29) is 18.5 Å². The molecule has 198 valence electrons. The molecule has 0 fully saturated rings. The number of nitrogens with zero attached hydrogens (tertiary/aromatic N) is 2. The number of nitrogens with one attached hydrogen (secondary N) is 1. The van der Waals surface area contributed by atoms with Gasteiger partial charge in [-0.3, -0.25) is 13.9 Å². The fourth-order valence-corrected chi connectivity index (χ4v) is 5.05. The van der Waals surface area contributed by atoms with Crippen molar-refractivity contribution in [2.75, 3.05) is 17.1 Å². The summed E-state index contributed by atoms with van der Waals surface area (Å²) in [6, 6.07) is 8.88. The van der Waals surface area contributed by atoms with E-state index < -0.39 is 28.5 Å². The molecule has 0 saturated carbocycles. The van der Waals surface area contributed by atoms with Gasteiger partial charge in [-0.05, 0) is 62.1 Å². The maximum atomic E-state index is 13.7. The van der Waals surface area contributed by atoms with Crippen molar-refractivity contribution in [2.45, 2.75) is 59.2 Å². The number of halogens is 3. The lowest BCUT2D eigenvalue weighted by Crippen LogP contribution is -2.53. The normalized spacial score (nSPS) is 13.1. The molecule has 36 heavy (non-hydrogen) atoms. The number of benzene rings is 2. The van der Waals surface area contributed by atoms with Gasteiger partial charge in [0.2, 0.25) is 21.8 Å². The largest absolute Gasteiger partial charge is 0.352 e. The minimum atomic E-state index is -3.86. The number of hydrogen-bond donors (Lipinski definition) is 1. The van der Waals surface area contributed by atoms with Gasteiger partial charge in [0.1, 0.15) is 12.6 Å². The van der Waals surface area contributed by atoms with Crippen LogP contribution in [0.1, 0.15) is 44.7 Å². The van der Waals surface area contributed by atoms with Gasteiger partial charge in [-0.1, -0.05) is 60.8 Å². The molecule has 2 aromatic carbocycles. The topological polar surface area (TPSA) is 86.8 Å². The Morgan fingerprint density at radius 1 is 1.00 bits per heavy atom. The molecule has 2 amide bonds. The molecule has 2 aromatic rings. The van der Waals surface area contributed by atoms with Crippen LogP contribution in [0.3, 0.4) is 0 Å². The number of amides is 2. The van der Waals surface area contributed by atoms with E-state index >= 15 is 0 Å². The fraction of sp³-hybridized carbons (Fsp3) is 0.440. The second kappa shape index (κ2) is 13.0. The monoisotopic (exact) mass is 575 g/mol. The van der Waals surface area contributed by atoms with Crippen molar-refractivity contribution in [1.29, 1.82) is 0 Å². The highest BCUT2D eigenvalue weighted by atomic mass is 35.5. The summed E-state index contributed by atoms with van der Waals surface area (Å²) in [4.78, 5) is 28.3. The first-order valence-corrected chi connectivity index (χ1v) is 14.5. The Morgan fingerprint density at radius 2 is 1.67 bits per heavy atom. The quantitative estimate of drug-likeness (QED) is 0.386. The predicted octanol–water partition coefficient (Wildman–Crippen LogP) is 5.44. The van der Waals surface area contributed by atoms with Gasteiger partial charge >= 0.3 is 0 Å². The molecule has 0 unspecified atom stereocenters. The highest BCUT2D eigenvalue weighted by Crippen LogP contribution is 2.29.